The molecule has 0 unspecified atom stereocenters. The summed E-state index contributed by atoms with van der Waals surface area (Å²) in [7, 11) is 0. The molecule has 5 heteroatoms. The second-order valence-corrected chi connectivity index (χ2v) is 5.84. The van der Waals surface area contributed by atoms with Gasteiger partial charge in [-0.2, -0.15) is 0 Å². The van der Waals surface area contributed by atoms with E-state index in [1.165, 1.54) is 0 Å². The Labute approximate surface area is 123 Å². The van der Waals surface area contributed by atoms with Crippen LogP contribution in [0.5, 0.6) is 0 Å². The van der Waals surface area contributed by atoms with E-state index in [-0.39, 0.29) is 18.2 Å². The number of anilines is 1. The maximum Gasteiger partial charge on any atom is 0.414 e. The van der Waals surface area contributed by atoms with Gasteiger partial charge in [-0.05, 0) is 44.2 Å². The van der Waals surface area contributed by atoms with Gasteiger partial charge in [0, 0.05) is 6.04 Å². The molecule has 1 aromatic rings. The number of amides is 1. The second kappa shape index (κ2) is 5.39. The Morgan fingerprint density at radius 3 is 2.62 bits per heavy atom. The van der Waals surface area contributed by atoms with Crippen LogP contribution in [0.1, 0.15) is 44.1 Å². The minimum Gasteiger partial charge on any atom is -0.481 e. The Hall–Kier alpha value is -2.04. The third-order valence-electron chi connectivity index (χ3n) is 4.40. The number of nitrogens with zero attached hydrogens (tertiary/aromatic N) is 1. The Balaban J connectivity index is 1.91. The molecule has 3 rings (SSSR count). The van der Waals surface area contributed by atoms with Crippen LogP contribution < -0.4 is 4.90 Å². The molecule has 1 saturated carbocycles. The fourth-order valence-electron chi connectivity index (χ4n) is 3.01. The average Bonchev–Trinajstić information content (AvgIpc) is 2.41. The van der Waals surface area contributed by atoms with E-state index in [0.29, 0.717) is 17.7 Å². The van der Waals surface area contributed by atoms with Gasteiger partial charge in [-0.25, -0.2) is 4.79 Å². The van der Waals surface area contributed by atoms with Gasteiger partial charge in [0.05, 0.1) is 11.6 Å². The smallest absolute Gasteiger partial charge is 0.414 e. The van der Waals surface area contributed by atoms with Crippen molar-refractivity contribution in [2.45, 2.75) is 50.7 Å². The fourth-order valence-corrected chi connectivity index (χ4v) is 3.01. The predicted octanol–water partition coefficient (Wildman–Crippen LogP) is 3.14. The third-order valence-corrected chi connectivity index (χ3v) is 4.40. The number of aliphatic carboxylic acids is 1. The molecule has 0 bridgehead atoms. The summed E-state index contributed by atoms with van der Waals surface area (Å²) >= 11 is 0. The maximum absolute atomic E-state index is 12.4. The summed E-state index contributed by atoms with van der Waals surface area (Å²) in [5.74, 6) is -1.41. The lowest BCUT2D eigenvalue weighted by Gasteiger charge is -2.38. The lowest BCUT2D eigenvalue weighted by atomic mass is 9.86. The minimum atomic E-state index is -0.846. The van der Waals surface area contributed by atoms with Gasteiger partial charge in [-0.1, -0.05) is 18.2 Å². The van der Waals surface area contributed by atoms with Crippen molar-refractivity contribution in [2.75, 3.05) is 4.90 Å². The molecule has 2 atom stereocenters. The van der Waals surface area contributed by atoms with Crippen molar-refractivity contribution in [3.05, 3.63) is 29.8 Å². The first-order valence-electron chi connectivity index (χ1n) is 7.39. The fraction of sp³-hybridized carbons (Fsp3) is 0.500. The molecule has 1 fully saturated rings. The van der Waals surface area contributed by atoms with Crippen LogP contribution in [-0.4, -0.2) is 29.3 Å². The molecule has 5 nitrogen and oxygen atoms in total. The highest BCUT2D eigenvalue weighted by Crippen LogP contribution is 2.39. The molecule has 112 valence electrons. The van der Waals surface area contributed by atoms with Gasteiger partial charge in [0.25, 0.3) is 0 Å². The molecule has 1 amide bonds. The zero-order valence-electron chi connectivity index (χ0n) is 12.0. The van der Waals surface area contributed by atoms with Crippen LogP contribution in [-0.2, 0) is 9.53 Å². The minimum absolute atomic E-state index is 0.0223. The van der Waals surface area contributed by atoms with Crippen LogP contribution in [0.25, 0.3) is 0 Å². The summed E-state index contributed by atoms with van der Waals surface area (Å²) in [4.78, 5) is 25.4. The summed E-state index contributed by atoms with van der Waals surface area (Å²) < 4.78 is 5.49. The van der Waals surface area contributed by atoms with E-state index in [1.807, 2.05) is 13.0 Å². The molecular weight excluding hydrogens is 270 g/mol. The molecule has 1 heterocycles. The van der Waals surface area contributed by atoms with E-state index < -0.39 is 11.9 Å². The lowest BCUT2D eigenvalue weighted by molar-refractivity contribution is -0.139. The average molecular weight is 289 g/mol. The van der Waals surface area contributed by atoms with Gasteiger partial charge in [-0.15, -0.1) is 0 Å². The maximum atomic E-state index is 12.4. The number of ether oxygens (including phenoxy) is 1. The summed E-state index contributed by atoms with van der Waals surface area (Å²) in [5.41, 5.74) is 1.35. The number of carboxylic acid groups (broad SMARTS) is 1. The Morgan fingerprint density at radius 1 is 1.29 bits per heavy atom. The quantitative estimate of drug-likeness (QED) is 0.908. The Morgan fingerprint density at radius 2 is 2.00 bits per heavy atom. The van der Waals surface area contributed by atoms with Crippen molar-refractivity contribution in [3.8, 4) is 0 Å². The van der Waals surface area contributed by atoms with Gasteiger partial charge < -0.3 is 9.84 Å². The predicted molar refractivity (Wildman–Crippen MR) is 77.5 cm³/mol. The van der Waals surface area contributed by atoms with Crippen LogP contribution in [0.4, 0.5) is 10.5 Å². The van der Waals surface area contributed by atoms with Crippen LogP contribution in [0, 0.1) is 0 Å². The van der Waals surface area contributed by atoms with E-state index in [4.69, 9.17) is 4.74 Å². The number of carbonyl (C=O) groups is 2. The van der Waals surface area contributed by atoms with Gasteiger partial charge >= 0.3 is 12.1 Å². The normalized spacial score (nSPS) is 24.9. The standard InChI is InChI=1S/C16H19NO4/c1-10-9-13(15(18)19)12-7-2-3-8-14(12)17(10)16(20)21-11-5-4-6-11/h2-3,7-8,10-11,13H,4-6,9H2,1H3,(H,18,19)/t10-,13+/m1/s1. The molecule has 0 aromatic heterocycles. The Kier molecular flexibility index (Phi) is 3.57. The van der Waals surface area contributed by atoms with Crippen molar-refractivity contribution >= 4 is 17.7 Å². The van der Waals surface area contributed by atoms with Crippen molar-refractivity contribution in [3.63, 3.8) is 0 Å². The summed E-state index contributed by atoms with van der Waals surface area (Å²) in [5, 5.41) is 9.39. The van der Waals surface area contributed by atoms with E-state index in [2.05, 4.69) is 0 Å². The highest BCUT2D eigenvalue weighted by Gasteiger charge is 2.38. The third kappa shape index (κ3) is 2.48. The second-order valence-electron chi connectivity index (χ2n) is 5.84. The van der Waals surface area contributed by atoms with Gasteiger partial charge in [0.1, 0.15) is 6.10 Å². The first-order chi connectivity index (χ1) is 10.1. The molecule has 0 saturated heterocycles. The number of carbonyl (C=O) groups excluding carboxylic acids is 1. The zero-order valence-corrected chi connectivity index (χ0v) is 12.0. The van der Waals surface area contributed by atoms with E-state index in [1.54, 1.807) is 23.1 Å². The first kappa shape index (κ1) is 13.9. The number of benzene rings is 1. The molecule has 0 radical (unpaired) electrons. The van der Waals surface area contributed by atoms with Crippen LogP contribution in [0.2, 0.25) is 0 Å². The van der Waals surface area contributed by atoms with E-state index in [0.717, 1.165) is 19.3 Å². The number of carboxylic acids is 1. The molecular formula is C16H19NO4. The first-order valence-corrected chi connectivity index (χ1v) is 7.39. The van der Waals surface area contributed by atoms with E-state index >= 15 is 0 Å². The summed E-state index contributed by atoms with van der Waals surface area (Å²) in [6, 6.07) is 7.01. The number of fused-ring (bicyclic) bond motifs is 1. The molecule has 2 aliphatic rings. The van der Waals surface area contributed by atoms with Crippen molar-refractivity contribution in [1.29, 1.82) is 0 Å². The lowest BCUT2D eigenvalue weighted by Crippen LogP contribution is -2.46. The zero-order chi connectivity index (χ0) is 15.0. The van der Waals surface area contributed by atoms with Crippen LogP contribution in [0.3, 0.4) is 0 Å². The van der Waals surface area contributed by atoms with Gasteiger partial charge in [0.2, 0.25) is 0 Å². The number of hydrogen-bond donors (Lipinski definition) is 1. The van der Waals surface area contributed by atoms with E-state index in [9.17, 15) is 14.7 Å². The molecule has 0 spiro atoms. The van der Waals surface area contributed by atoms with Crippen molar-refractivity contribution < 1.29 is 19.4 Å². The summed E-state index contributed by atoms with van der Waals surface area (Å²) in [6.07, 6.45) is 3.02. The van der Waals surface area contributed by atoms with Crippen molar-refractivity contribution in [2.24, 2.45) is 0 Å². The monoisotopic (exact) mass is 289 g/mol. The Bertz CT molecular complexity index is 567. The summed E-state index contributed by atoms with van der Waals surface area (Å²) in [6.45, 7) is 1.87. The molecule has 21 heavy (non-hydrogen) atoms. The molecule has 1 N–H and O–H groups in total. The molecule has 1 aromatic carbocycles. The highest BCUT2D eigenvalue weighted by atomic mass is 16.6. The number of rotatable bonds is 2. The number of para-hydroxylation sites is 1. The van der Waals surface area contributed by atoms with Gasteiger partial charge in [-0.3, -0.25) is 9.69 Å². The molecule has 1 aliphatic carbocycles. The van der Waals surface area contributed by atoms with Gasteiger partial charge in [0.15, 0.2) is 0 Å². The largest absolute Gasteiger partial charge is 0.481 e. The van der Waals surface area contributed by atoms with Crippen molar-refractivity contribution in [1.82, 2.24) is 0 Å². The SMILES string of the molecule is C[C@@H]1C[C@H](C(=O)O)c2ccccc2N1C(=O)OC1CCC1. The highest BCUT2D eigenvalue weighted by molar-refractivity contribution is 5.93. The number of hydrogen-bond acceptors (Lipinski definition) is 3. The topological polar surface area (TPSA) is 66.8 Å². The molecule has 1 aliphatic heterocycles. The van der Waals surface area contributed by atoms with Crippen LogP contribution >= 0.6 is 0 Å². The van der Waals surface area contributed by atoms with Crippen LogP contribution in [0.15, 0.2) is 24.3 Å².